The van der Waals surface area contributed by atoms with E-state index in [1.54, 1.807) is 6.07 Å². The van der Waals surface area contributed by atoms with Gasteiger partial charge >= 0.3 is 0 Å². The number of rotatable bonds is 7. The van der Waals surface area contributed by atoms with Crippen LogP contribution in [-0.4, -0.2) is 57.8 Å². The van der Waals surface area contributed by atoms with Crippen LogP contribution in [0.4, 0.5) is 0 Å². The van der Waals surface area contributed by atoms with E-state index in [1.807, 2.05) is 24.5 Å². The summed E-state index contributed by atoms with van der Waals surface area (Å²) in [6, 6.07) is 10.3. The van der Waals surface area contributed by atoms with Gasteiger partial charge in [-0.15, -0.1) is 0 Å². The Morgan fingerprint density at radius 1 is 0.957 bits per heavy atom. The highest BCUT2D eigenvalue weighted by Gasteiger charge is 2.44. The summed E-state index contributed by atoms with van der Waals surface area (Å²) in [5.74, 6) is 1.74. The number of H-pyrrole nitrogens is 1. The molecule has 2 saturated carbocycles. The average molecular weight is 629 g/mol. The van der Waals surface area contributed by atoms with Crippen molar-refractivity contribution < 1.29 is 29.9 Å². The van der Waals surface area contributed by atoms with Gasteiger partial charge in [0.05, 0.1) is 25.4 Å². The summed E-state index contributed by atoms with van der Waals surface area (Å²) in [7, 11) is 3.55. The molecule has 4 aliphatic rings. The molecule has 1 aromatic heterocycles. The van der Waals surface area contributed by atoms with Gasteiger partial charge in [-0.25, -0.2) is 0 Å². The van der Waals surface area contributed by atoms with Crippen LogP contribution >= 0.6 is 0 Å². The molecule has 0 spiro atoms. The zero-order chi connectivity index (χ0) is 31.9. The number of hydrogen-bond donors (Lipinski definition) is 6. The van der Waals surface area contributed by atoms with Gasteiger partial charge in [-0.2, -0.15) is 0 Å². The van der Waals surface area contributed by atoms with E-state index in [1.165, 1.54) is 31.9 Å². The first-order valence-corrected chi connectivity index (χ1v) is 17.1. The second-order valence-corrected chi connectivity index (χ2v) is 14.1. The molecular weight excluding hydrogens is 580 g/mol. The van der Waals surface area contributed by atoms with Crippen molar-refractivity contribution in [1.82, 2.24) is 10.3 Å². The van der Waals surface area contributed by atoms with Crippen molar-refractivity contribution in [2.75, 3.05) is 14.2 Å². The van der Waals surface area contributed by atoms with E-state index in [0.29, 0.717) is 36.5 Å². The quantitative estimate of drug-likeness (QED) is 0.129. The highest BCUT2D eigenvalue weighted by molar-refractivity contribution is 5.59. The van der Waals surface area contributed by atoms with E-state index in [2.05, 4.69) is 41.6 Å². The summed E-state index contributed by atoms with van der Waals surface area (Å²) in [6.45, 7) is 0. The van der Waals surface area contributed by atoms with E-state index in [0.717, 1.165) is 47.9 Å². The van der Waals surface area contributed by atoms with E-state index in [-0.39, 0.29) is 41.1 Å². The number of aliphatic hydroxyl groups excluding tert-OH is 1. The summed E-state index contributed by atoms with van der Waals surface area (Å²) in [4.78, 5) is 3.08. The molecule has 0 amide bonds. The van der Waals surface area contributed by atoms with Crippen molar-refractivity contribution in [3.63, 3.8) is 0 Å². The molecule has 0 bridgehead atoms. The largest absolute Gasteiger partial charge is 0.508 e. The van der Waals surface area contributed by atoms with Gasteiger partial charge in [0, 0.05) is 54.2 Å². The Morgan fingerprint density at radius 2 is 1.80 bits per heavy atom. The van der Waals surface area contributed by atoms with Crippen LogP contribution in [-0.2, 0) is 11.2 Å². The third-order valence-electron chi connectivity index (χ3n) is 11.7. The Labute approximate surface area is 271 Å². The highest BCUT2D eigenvalue weighted by Crippen LogP contribution is 2.51. The first kappa shape index (κ1) is 31.2. The highest BCUT2D eigenvalue weighted by atomic mass is 16.5. The Bertz CT molecular complexity index is 1550. The van der Waals surface area contributed by atoms with Gasteiger partial charge < -0.3 is 40.2 Å². The molecule has 3 aliphatic carbocycles. The maximum Gasteiger partial charge on any atom is 0.200 e. The predicted octanol–water partition coefficient (Wildman–Crippen LogP) is 6.55. The van der Waals surface area contributed by atoms with E-state index < -0.39 is 12.2 Å². The van der Waals surface area contributed by atoms with E-state index >= 15 is 0 Å². The van der Waals surface area contributed by atoms with Crippen molar-refractivity contribution in [3.05, 3.63) is 82.7 Å². The lowest BCUT2D eigenvalue weighted by Gasteiger charge is -2.45. The number of ether oxygens (including phenoxy) is 2. The number of benzene rings is 2. The predicted molar refractivity (Wildman–Crippen MR) is 177 cm³/mol. The van der Waals surface area contributed by atoms with Gasteiger partial charge in [0.2, 0.25) is 5.75 Å². The summed E-state index contributed by atoms with van der Waals surface area (Å²) in [5.41, 5.74) is 4.74. The van der Waals surface area contributed by atoms with Crippen molar-refractivity contribution in [2.45, 2.75) is 94.0 Å². The van der Waals surface area contributed by atoms with Crippen LogP contribution in [0.15, 0.2) is 54.9 Å². The second kappa shape index (κ2) is 13.0. The fourth-order valence-corrected chi connectivity index (χ4v) is 9.23. The van der Waals surface area contributed by atoms with Gasteiger partial charge in [-0.1, -0.05) is 24.3 Å². The lowest BCUT2D eigenvalue weighted by molar-refractivity contribution is -0.154. The lowest BCUT2D eigenvalue weighted by Crippen LogP contribution is -2.44. The number of aromatic amines is 1. The van der Waals surface area contributed by atoms with Gasteiger partial charge in [-0.05, 0) is 105 Å². The third-order valence-corrected chi connectivity index (χ3v) is 11.7. The van der Waals surface area contributed by atoms with E-state index in [9.17, 15) is 20.4 Å². The second-order valence-electron chi connectivity index (χ2n) is 14.1. The van der Waals surface area contributed by atoms with Crippen molar-refractivity contribution in [2.24, 2.45) is 17.8 Å². The smallest absolute Gasteiger partial charge is 0.200 e. The summed E-state index contributed by atoms with van der Waals surface area (Å²) in [6.07, 6.45) is 15.3. The molecular formula is C38H48N2O6. The Balaban J connectivity index is 1.14. The summed E-state index contributed by atoms with van der Waals surface area (Å²) in [5, 5.41) is 47.3. The van der Waals surface area contributed by atoms with E-state index in [4.69, 9.17) is 9.47 Å². The molecule has 9 atom stereocenters. The number of methoxy groups -OCH3 is 1. The monoisotopic (exact) mass is 628 g/mol. The molecule has 6 N–H and O–H groups in total. The number of allylic oxidation sites excluding steroid dienone is 2. The average Bonchev–Trinajstić information content (AvgIpc) is 3.59. The maximum absolute atomic E-state index is 11.4. The van der Waals surface area contributed by atoms with Crippen molar-refractivity contribution >= 4 is 0 Å². The fraction of sp³-hybridized carbons (Fsp3) is 0.526. The molecule has 0 radical (unpaired) electrons. The lowest BCUT2D eigenvalue weighted by atomic mass is 9.65. The van der Waals surface area contributed by atoms with Crippen LogP contribution in [0, 0.1) is 17.8 Å². The normalized spacial score (nSPS) is 32.5. The molecule has 0 unspecified atom stereocenters. The van der Waals surface area contributed by atoms with Gasteiger partial charge in [-0.3, -0.25) is 0 Å². The molecule has 8 heteroatoms. The minimum atomic E-state index is -0.542. The number of nitrogens with one attached hydrogen (secondary N) is 2. The standard InChI is InChI=1S/C38H48N2O6/c1-39-25-8-10-26-24(15-25)4-3-5-27(26)29-16-22(7-11-32(29)41)23-6-9-28-33(42)19-36(46-35(28)17-23)30-18-34(43)37(44)38(45-2)31(30)14-21-12-13-40-20-21/h3,5,7,11-13,16,18,20,23-28,33,35-36,39-44H,4,6,8-10,14-15,17,19H2,1-2H3/t23-,24-,25+,26+,27+,28+,33+,35+,36+/m1/s1. The molecule has 7 rings (SSSR count). The fourth-order valence-electron chi connectivity index (χ4n) is 9.23. The van der Waals surface area contributed by atoms with Crippen molar-refractivity contribution in [3.8, 4) is 23.0 Å². The summed E-state index contributed by atoms with van der Waals surface area (Å²) >= 11 is 0. The number of aliphatic hydroxyl groups is 1. The molecule has 3 aromatic rings. The van der Waals surface area contributed by atoms with Crippen LogP contribution in [0.1, 0.15) is 97.1 Å². The number of fused-ring (bicyclic) bond motifs is 2. The van der Waals surface area contributed by atoms with Crippen LogP contribution in [0.2, 0.25) is 0 Å². The topological polar surface area (TPSA) is 127 Å². The summed E-state index contributed by atoms with van der Waals surface area (Å²) < 4.78 is 12.4. The van der Waals surface area contributed by atoms with Gasteiger partial charge in [0.1, 0.15) is 5.75 Å². The molecule has 2 aromatic carbocycles. The molecule has 3 fully saturated rings. The molecule has 246 valence electrons. The van der Waals surface area contributed by atoms with Crippen LogP contribution in [0.3, 0.4) is 0 Å². The Morgan fingerprint density at radius 3 is 2.59 bits per heavy atom. The minimum Gasteiger partial charge on any atom is -0.508 e. The molecule has 2 heterocycles. The number of aromatic hydroxyl groups is 3. The molecule has 1 aliphatic heterocycles. The minimum absolute atomic E-state index is 0.0363. The molecule has 1 saturated heterocycles. The first-order valence-electron chi connectivity index (χ1n) is 17.1. The number of phenols is 3. The number of phenolic OH excluding ortho intramolecular Hbond substituents is 3. The maximum atomic E-state index is 11.4. The molecule has 8 nitrogen and oxygen atoms in total. The zero-order valence-corrected chi connectivity index (χ0v) is 26.9. The Hall–Kier alpha value is -3.46. The Kier molecular flexibility index (Phi) is 8.79. The van der Waals surface area contributed by atoms with Gasteiger partial charge in [0.25, 0.3) is 0 Å². The molecule has 46 heavy (non-hydrogen) atoms. The third kappa shape index (κ3) is 5.80. The zero-order valence-electron chi connectivity index (χ0n) is 26.9. The van der Waals surface area contributed by atoms with Gasteiger partial charge in [0.15, 0.2) is 11.5 Å². The first-order chi connectivity index (χ1) is 22.3. The number of aromatic nitrogens is 1. The van der Waals surface area contributed by atoms with Crippen LogP contribution < -0.4 is 10.1 Å². The van der Waals surface area contributed by atoms with Crippen molar-refractivity contribution in [1.29, 1.82) is 0 Å². The number of hydrogen-bond acceptors (Lipinski definition) is 7. The SMILES string of the molecule is CN[C@H]1CC[C@H]2[C@H](CC=C[C@@H]2c2cc([C@@H]3CC[C@@H]4[C@H](C3)O[C@H](c3cc(O)c(O)c(OC)c3Cc3cc[nH]c3)C[C@@H]4O)ccc2O)C1. The van der Waals surface area contributed by atoms with Crippen LogP contribution in [0.5, 0.6) is 23.0 Å². The van der Waals surface area contributed by atoms with Crippen LogP contribution in [0.25, 0.3) is 0 Å².